The maximum absolute atomic E-state index is 13.5. The molecule has 2 heterocycles. The number of halogens is 1. The van der Waals surface area contributed by atoms with Crippen LogP contribution in [0.15, 0.2) is 29.1 Å². The van der Waals surface area contributed by atoms with Gasteiger partial charge in [0.2, 0.25) is 5.56 Å². The van der Waals surface area contributed by atoms with Crippen LogP contribution in [0.4, 0.5) is 4.39 Å². The summed E-state index contributed by atoms with van der Waals surface area (Å²) in [5.41, 5.74) is 0.137. The Morgan fingerprint density at radius 3 is 3.00 bits per heavy atom. The summed E-state index contributed by atoms with van der Waals surface area (Å²) in [5, 5.41) is 9.94. The maximum atomic E-state index is 13.5. The number of aromatic amines is 1. The van der Waals surface area contributed by atoms with E-state index in [1.807, 2.05) is 0 Å². The van der Waals surface area contributed by atoms with Crippen molar-refractivity contribution in [2.45, 2.75) is 25.0 Å². The normalized spacial score (nSPS) is 26.0. The zero-order valence-corrected chi connectivity index (χ0v) is 13.6. The zero-order valence-electron chi connectivity index (χ0n) is 13.6. The molecular weight excluding hydrogens is 327 g/mol. The second-order valence-corrected chi connectivity index (χ2v) is 6.73. The predicted molar refractivity (Wildman–Crippen MR) is 88.9 cm³/mol. The van der Waals surface area contributed by atoms with Crippen LogP contribution in [0.25, 0.3) is 10.9 Å². The van der Waals surface area contributed by atoms with Gasteiger partial charge >= 0.3 is 0 Å². The highest BCUT2D eigenvalue weighted by molar-refractivity contribution is 6.06. The number of carbonyl (C=O) groups is 1. The number of H-pyrrole nitrogens is 1. The number of hydrogen-bond donors (Lipinski definition) is 2. The van der Waals surface area contributed by atoms with Crippen LogP contribution < -0.4 is 5.56 Å². The first-order valence-corrected chi connectivity index (χ1v) is 8.43. The van der Waals surface area contributed by atoms with Crippen molar-refractivity contribution in [1.82, 2.24) is 9.88 Å². The van der Waals surface area contributed by atoms with E-state index >= 15 is 0 Å². The highest BCUT2D eigenvalue weighted by Gasteiger charge is 2.43. The third-order valence-electron chi connectivity index (χ3n) is 5.19. The van der Waals surface area contributed by atoms with Crippen LogP contribution in [0.2, 0.25) is 0 Å². The molecule has 7 heteroatoms. The Kier molecular flexibility index (Phi) is 4.05. The molecule has 2 aliphatic rings. The van der Waals surface area contributed by atoms with Crippen molar-refractivity contribution in [3.63, 3.8) is 0 Å². The quantitative estimate of drug-likeness (QED) is 0.858. The topological polar surface area (TPSA) is 82.6 Å². The number of pyridine rings is 1. The molecule has 1 unspecified atom stereocenters. The minimum absolute atomic E-state index is 0.0750. The monoisotopic (exact) mass is 346 g/mol. The lowest BCUT2D eigenvalue weighted by Gasteiger charge is -2.37. The van der Waals surface area contributed by atoms with Gasteiger partial charge in [-0.1, -0.05) is 0 Å². The third kappa shape index (κ3) is 2.83. The van der Waals surface area contributed by atoms with Gasteiger partial charge in [0.05, 0.1) is 29.8 Å². The average molecular weight is 346 g/mol. The van der Waals surface area contributed by atoms with Gasteiger partial charge in [0.25, 0.3) is 5.91 Å². The van der Waals surface area contributed by atoms with Crippen LogP contribution in [-0.4, -0.2) is 52.8 Å². The molecule has 0 spiro atoms. The molecule has 1 aromatic heterocycles. The Bertz CT molecular complexity index is 881. The van der Waals surface area contributed by atoms with E-state index in [0.717, 1.165) is 6.42 Å². The molecule has 4 rings (SSSR count). The van der Waals surface area contributed by atoms with Crippen molar-refractivity contribution in [2.75, 3.05) is 19.8 Å². The zero-order chi connectivity index (χ0) is 17.6. The average Bonchev–Trinajstić information content (AvgIpc) is 3.03. The van der Waals surface area contributed by atoms with Crippen LogP contribution in [0.5, 0.6) is 0 Å². The highest BCUT2D eigenvalue weighted by Crippen LogP contribution is 2.35. The summed E-state index contributed by atoms with van der Waals surface area (Å²) in [6.45, 7) is 0.944. The lowest BCUT2D eigenvalue weighted by molar-refractivity contribution is -0.0448. The van der Waals surface area contributed by atoms with Crippen molar-refractivity contribution in [3.05, 3.63) is 46.0 Å². The van der Waals surface area contributed by atoms with Gasteiger partial charge in [0.1, 0.15) is 5.82 Å². The van der Waals surface area contributed by atoms with Gasteiger partial charge in [-0.2, -0.15) is 0 Å². The molecule has 1 saturated carbocycles. The summed E-state index contributed by atoms with van der Waals surface area (Å²) in [7, 11) is 0. The van der Waals surface area contributed by atoms with Crippen molar-refractivity contribution in [1.29, 1.82) is 0 Å². The second-order valence-electron chi connectivity index (χ2n) is 6.73. The number of hydrogen-bond acceptors (Lipinski definition) is 4. The second kappa shape index (κ2) is 6.24. The molecule has 1 aliphatic heterocycles. The van der Waals surface area contributed by atoms with E-state index in [0.29, 0.717) is 30.5 Å². The van der Waals surface area contributed by atoms with E-state index in [2.05, 4.69) is 4.98 Å². The van der Waals surface area contributed by atoms with Crippen LogP contribution in [0.3, 0.4) is 0 Å². The first-order chi connectivity index (χ1) is 12.1. The van der Waals surface area contributed by atoms with Crippen molar-refractivity contribution in [3.8, 4) is 0 Å². The molecule has 1 aliphatic carbocycles. The Morgan fingerprint density at radius 1 is 1.36 bits per heavy atom. The molecule has 3 atom stereocenters. The Morgan fingerprint density at radius 2 is 2.20 bits per heavy atom. The van der Waals surface area contributed by atoms with Crippen LogP contribution >= 0.6 is 0 Å². The fraction of sp³-hybridized carbons (Fsp3) is 0.444. The predicted octanol–water partition coefficient (Wildman–Crippen LogP) is 1.28. The molecule has 1 saturated heterocycles. The van der Waals surface area contributed by atoms with E-state index < -0.39 is 11.4 Å². The standard InChI is InChI=1S/C18H19FN2O4/c19-11-1-2-12-13(8-17(23)20-14(12)7-11)18(24)21-3-4-25-16-6-10(9-22)5-15(16)21/h1-2,7-8,10,15-16,22H,3-6,9H2,(H,20,23)/t10-,15+,16?/m1/s1. The van der Waals surface area contributed by atoms with Gasteiger partial charge < -0.3 is 19.7 Å². The number of morpholine rings is 1. The molecular formula is C18H19FN2O4. The molecule has 132 valence electrons. The Labute approximate surface area is 143 Å². The molecule has 2 fully saturated rings. The summed E-state index contributed by atoms with van der Waals surface area (Å²) in [4.78, 5) is 29.4. The largest absolute Gasteiger partial charge is 0.396 e. The molecule has 6 nitrogen and oxygen atoms in total. The number of fused-ring (bicyclic) bond motifs is 2. The molecule has 2 N–H and O–H groups in total. The molecule has 1 amide bonds. The van der Waals surface area contributed by atoms with Crippen molar-refractivity contribution < 1.29 is 19.0 Å². The summed E-state index contributed by atoms with van der Waals surface area (Å²) < 4.78 is 19.2. The van der Waals surface area contributed by atoms with Crippen LogP contribution in [-0.2, 0) is 4.74 Å². The number of nitrogens with zero attached hydrogens (tertiary/aromatic N) is 1. The van der Waals surface area contributed by atoms with Gasteiger partial charge in [-0.05, 0) is 37.0 Å². The van der Waals surface area contributed by atoms with E-state index in [4.69, 9.17) is 4.74 Å². The molecule has 1 aromatic carbocycles. The van der Waals surface area contributed by atoms with E-state index in [1.165, 1.54) is 24.3 Å². The number of benzene rings is 1. The molecule has 25 heavy (non-hydrogen) atoms. The number of ether oxygens (including phenoxy) is 1. The molecule has 0 bridgehead atoms. The van der Waals surface area contributed by atoms with Gasteiger partial charge in [0.15, 0.2) is 0 Å². The van der Waals surface area contributed by atoms with Gasteiger partial charge in [-0.25, -0.2) is 4.39 Å². The number of aliphatic hydroxyl groups excluding tert-OH is 1. The number of carbonyl (C=O) groups excluding carboxylic acids is 1. The van der Waals surface area contributed by atoms with E-state index in [-0.39, 0.29) is 36.1 Å². The highest BCUT2D eigenvalue weighted by atomic mass is 19.1. The summed E-state index contributed by atoms with van der Waals surface area (Å²) in [5.74, 6) is -0.603. The number of aliphatic hydroxyl groups is 1. The minimum atomic E-state index is -0.472. The fourth-order valence-electron chi connectivity index (χ4n) is 4.02. The van der Waals surface area contributed by atoms with E-state index in [9.17, 15) is 19.1 Å². The Hall–Kier alpha value is -2.25. The van der Waals surface area contributed by atoms with Crippen LogP contribution in [0.1, 0.15) is 23.2 Å². The summed E-state index contributed by atoms with van der Waals surface area (Å²) in [6, 6.07) is 5.17. The summed E-state index contributed by atoms with van der Waals surface area (Å²) >= 11 is 0. The maximum Gasteiger partial charge on any atom is 0.255 e. The van der Waals surface area contributed by atoms with Gasteiger partial charge in [0, 0.05) is 24.6 Å². The van der Waals surface area contributed by atoms with Crippen molar-refractivity contribution in [2.24, 2.45) is 5.92 Å². The third-order valence-corrected chi connectivity index (χ3v) is 5.19. The lowest BCUT2D eigenvalue weighted by atomic mass is 10.0. The fourth-order valence-corrected chi connectivity index (χ4v) is 4.02. The first-order valence-electron chi connectivity index (χ1n) is 8.43. The van der Waals surface area contributed by atoms with E-state index in [1.54, 1.807) is 4.90 Å². The van der Waals surface area contributed by atoms with Crippen molar-refractivity contribution >= 4 is 16.8 Å². The number of nitrogens with one attached hydrogen (secondary N) is 1. The smallest absolute Gasteiger partial charge is 0.255 e. The lowest BCUT2D eigenvalue weighted by Crippen LogP contribution is -2.51. The van der Waals surface area contributed by atoms with Crippen LogP contribution in [0, 0.1) is 11.7 Å². The Balaban J connectivity index is 1.73. The minimum Gasteiger partial charge on any atom is -0.396 e. The molecule has 2 aromatic rings. The number of aromatic nitrogens is 1. The number of amides is 1. The van der Waals surface area contributed by atoms with Gasteiger partial charge in [-0.3, -0.25) is 9.59 Å². The summed E-state index contributed by atoms with van der Waals surface area (Å²) in [6.07, 6.45) is 1.33. The molecule has 0 radical (unpaired) electrons. The van der Waals surface area contributed by atoms with Gasteiger partial charge in [-0.15, -0.1) is 0 Å². The number of rotatable bonds is 2. The first kappa shape index (κ1) is 16.2. The SMILES string of the molecule is O=C(c1cc(=O)[nH]c2cc(F)ccc12)N1CCOC2C[C@H](CO)C[C@@H]21.